The van der Waals surface area contributed by atoms with Crippen LogP contribution >= 0.6 is 11.3 Å². The number of aromatic nitrogens is 2. The Hall–Kier alpha value is -2.99. The number of carbonyl (C=O) groups excluding carboxylic acids is 1. The third kappa shape index (κ3) is 3.48. The number of hydrogen-bond acceptors (Lipinski definition) is 5. The lowest BCUT2D eigenvalue weighted by Crippen LogP contribution is -2.18. The van der Waals surface area contributed by atoms with Crippen molar-refractivity contribution in [2.24, 2.45) is 0 Å². The summed E-state index contributed by atoms with van der Waals surface area (Å²) in [6.07, 6.45) is 0.156. The van der Waals surface area contributed by atoms with Crippen molar-refractivity contribution in [3.63, 3.8) is 0 Å². The number of carbonyl (C=O) groups is 1. The lowest BCUT2D eigenvalue weighted by molar-refractivity contribution is -0.145. The van der Waals surface area contributed by atoms with E-state index in [1.54, 1.807) is 9.95 Å². The second kappa shape index (κ2) is 7.32. The molecule has 2 heterocycles. The SMILES string of the molecule is Cc1csc(=O)n1CCC(=O)OCc1nc2ccccc2c2ccccc12. The van der Waals surface area contributed by atoms with E-state index in [0.29, 0.717) is 6.54 Å². The van der Waals surface area contributed by atoms with Gasteiger partial charge in [-0.05, 0) is 18.4 Å². The number of esters is 1. The summed E-state index contributed by atoms with van der Waals surface area (Å²) in [6.45, 7) is 2.30. The lowest BCUT2D eigenvalue weighted by atomic mass is 10.0. The van der Waals surface area contributed by atoms with Crippen molar-refractivity contribution in [2.75, 3.05) is 0 Å². The number of para-hydroxylation sites is 1. The summed E-state index contributed by atoms with van der Waals surface area (Å²) in [5.41, 5.74) is 2.48. The quantitative estimate of drug-likeness (QED) is 0.388. The van der Waals surface area contributed by atoms with Crippen molar-refractivity contribution >= 4 is 39.0 Å². The molecule has 0 aliphatic heterocycles. The molecule has 136 valence electrons. The number of hydrogen-bond donors (Lipinski definition) is 0. The van der Waals surface area contributed by atoms with Gasteiger partial charge < -0.3 is 9.30 Å². The van der Waals surface area contributed by atoms with Crippen LogP contribution < -0.4 is 4.87 Å². The molecular weight excluding hydrogens is 360 g/mol. The van der Waals surface area contributed by atoms with Crippen LogP contribution in [0.15, 0.2) is 58.7 Å². The second-order valence-corrected chi connectivity index (χ2v) is 7.15. The maximum absolute atomic E-state index is 12.2. The van der Waals surface area contributed by atoms with Crippen molar-refractivity contribution < 1.29 is 9.53 Å². The number of nitrogens with zero attached hydrogens (tertiary/aromatic N) is 2. The predicted molar refractivity (Wildman–Crippen MR) is 107 cm³/mol. The maximum atomic E-state index is 12.2. The molecule has 0 saturated heterocycles. The van der Waals surface area contributed by atoms with E-state index in [4.69, 9.17) is 4.74 Å². The summed E-state index contributed by atoms with van der Waals surface area (Å²) in [4.78, 5) is 28.5. The maximum Gasteiger partial charge on any atom is 0.307 e. The smallest absolute Gasteiger partial charge is 0.307 e. The number of ether oxygens (including phenoxy) is 1. The topological polar surface area (TPSA) is 61.2 Å². The van der Waals surface area contributed by atoms with E-state index in [0.717, 1.165) is 44.4 Å². The summed E-state index contributed by atoms with van der Waals surface area (Å²) in [7, 11) is 0. The van der Waals surface area contributed by atoms with Gasteiger partial charge in [-0.15, -0.1) is 0 Å². The third-order valence-corrected chi connectivity index (χ3v) is 5.45. The van der Waals surface area contributed by atoms with E-state index in [2.05, 4.69) is 11.1 Å². The fourth-order valence-corrected chi connectivity index (χ4v) is 3.94. The fourth-order valence-electron chi connectivity index (χ4n) is 3.18. The third-order valence-electron chi connectivity index (χ3n) is 4.57. The molecule has 0 aliphatic carbocycles. The molecule has 27 heavy (non-hydrogen) atoms. The summed E-state index contributed by atoms with van der Waals surface area (Å²) >= 11 is 1.14. The van der Waals surface area contributed by atoms with Gasteiger partial charge in [0.25, 0.3) is 0 Å². The number of fused-ring (bicyclic) bond motifs is 3. The number of rotatable bonds is 5. The summed E-state index contributed by atoms with van der Waals surface area (Å²) in [6, 6.07) is 15.9. The van der Waals surface area contributed by atoms with Gasteiger partial charge in [0, 0.05) is 28.4 Å². The molecule has 0 aliphatic rings. The highest BCUT2D eigenvalue weighted by molar-refractivity contribution is 7.07. The molecule has 0 N–H and O–H groups in total. The minimum Gasteiger partial charge on any atom is -0.459 e. The average Bonchev–Trinajstić information content (AvgIpc) is 3.02. The Morgan fingerprint density at radius 2 is 1.78 bits per heavy atom. The Labute approximate surface area is 159 Å². The minimum atomic E-state index is -0.341. The van der Waals surface area contributed by atoms with E-state index in [9.17, 15) is 9.59 Å². The van der Waals surface area contributed by atoms with Crippen molar-refractivity contribution in [3.8, 4) is 0 Å². The van der Waals surface area contributed by atoms with E-state index >= 15 is 0 Å². The van der Waals surface area contributed by atoms with E-state index in [-0.39, 0.29) is 23.9 Å². The number of benzene rings is 2. The van der Waals surface area contributed by atoms with E-state index in [1.165, 1.54) is 0 Å². The molecule has 0 atom stereocenters. The van der Waals surface area contributed by atoms with E-state index < -0.39 is 0 Å². The molecule has 4 rings (SSSR count). The molecule has 2 aromatic heterocycles. The zero-order valence-corrected chi connectivity index (χ0v) is 15.7. The van der Waals surface area contributed by atoms with Gasteiger partial charge in [-0.25, -0.2) is 4.98 Å². The van der Waals surface area contributed by atoms with Crippen LogP contribution in [0, 0.1) is 6.92 Å². The second-order valence-electron chi connectivity index (χ2n) is 6.33. The van der Waals surface area contributed by atoms with Gasteiger partial charge in [-0.2, -0.15) is 0 Å². The molecule has 6 heteroatoms. The van der Waals surface area contributed by atoms with Crippen LogP contribution in [0.25, 0.3) is 21.7 Å². The van der Waals surface area contributed by atoms with E-state index in [1.807, 2.05) is 49.4 Å². The zero-order chi connectivity index (χ0) is 18.8. The minimum absolute atomic E-state index is 0.0533. The van der Waals surface area contributed by atoms with Gasteiger partial charge in [-0.1, -0.05) is 53.8 Å². The van der Waals surface area contributed by atoms with Crippen LogP contribution in [0.5, 0.6) is 0 Å². The highest BCUT2D eigenvalue weighted by Crippen LogP contribution is 2.26. The standard InChI is InChI=1S/C21H18N2O3S/c1-14-13-27-21(25)23(14)11-10-20(24)26-12-19-17-8-3-2-6-15(17)16-7-4-5-9-18(16)22-19/h2-9,13H,10-12H2,1H3. The first-order chi connectivity index (χ1) is 13.1. The summed E-state index contributed by atoms with van der Waals surface area (Å²) in [5.74, 6) is -0.341. The monoisotopic (exact) mass is 378 g/mol. The number of aryl methyl sites for hydroxylation is 1. The largest absolute Gasteiger partial charge is 0.459 e. The van der Waals surface area contributed by atoms with Crippen LogP contribution in [-0.2, 0) is 22.7 Å². The van der Waals surface area contributed by atoms with Crippen LogP contribution in [-0.4, -0.2) is 15.5 Å². The van der Waals surface area contributed by atoms with Gasteiger partial charge in [-0.3, -0.25) is 9.59 Å². The van der Waals surface area contributed by atoms with Crippen LogP contribution in [0.4, 0.5) is 0 Å². The molecule has 0 spiro atoms. The molecule has 0 amide bonds. The summed E-state index contributed by atoms with van der Waals surface area (Å²) in [5, 5.41) is 4.94. The van der Waals surface area contributed by atoms with Gasteiger partial charge in [0.05, 0.1) is 17.6 Å². The first-order valence-electron chi connectivity index (χ1n) is 8.70. The number of pyridine rings is 1. The van der Waals surface area contributed by atoms with Crippen LogP contribution in [0.3, 0.4) is 0 Å². The molecule has 0 fully saturated rings. The number of thiazole rings is 1. The normalized spacial score (nSPS) is 11.1. The Balaban J connectivity index is 1.53. The lowest BCUT2D eigenvalue weighted by Gasteiger charge is -2.10. The molecule has 0 unspecified atom stereocenters. The molecule has 5 nitrogen and oxygen atoms in total. The van der Waals surface area contributed by atoms with Gasteiger partial charge in [0.1, 0.15) is 6.61 Å². The van der Waals surface area contributed by atoms with Crippen LogP contribution in [0.2, 0.25) is 0 Å². The Morgan fingerprint density at radius 3 is 2.52 bits per heavy atom. The highest BCUT2D eigenvalue weighted by atomic mass is 32.1. The average molecular weight is 378 g/mol. The highest BCUT2D eigenvalue weighted by Gasteiger charge is 2.11. The summed E-state index contributed by atoms with van der Waals surface area (Å²) < 4.78 is 7.04. The van der Waals surface area contributed by atoms with Crippen LogP contribution in [0.1, 0.15) is 17.8 Å². The first-order valence-corrected chi connectivity index (χ1v) is 9.58. The molecule has 4 aromatic rings. The Bertz CT molecular complexity index is 1190. The molecular formula is C21H18N2O3S. The van der Waals surface area contributed by atoms with Gasteiger partial charge in [0.15, 0.2) is 0 Å². The van der Waals surface area contributed by atoms with Crippen molar-refractivity contribution in [1.29, 1.82) is 0 Å². The molecule has 2 aromatic carbocycles. The molecule has 0 saturated carbocycles. The Morgan fingerprint density at radius 1 is 1.07 bits per heavy atom. The van der Waals surface area contributed by atoms with Crippen molar-refractivity contribution in [3.05, 3.63) is 75.0 Å². The van der Waals surface area contributed by atoms with Gasteiger partial charge >= 0.3 is 10.8 Å². The zero-order valence-electron chi connectivity index (χ0n) is 14.8. The molecule has 0 radical (unpaired) electrons. The Kier molecular flexibility index (Phi) is 4.73. The van der Waals surface area contributed by atoms with Crippen molar-refractivity contribution in [2.45, 2.75) is 26.5 Å². The first kappa shape index (κ1) is 17.4. The molecule has 0 bridgehead atoms. The predicted octanol–water partition coefficient (Wildman–Crippen LogP) is 4.05. The van der Waals surface area contributed by atoms with Gasteiger partial charge in [0.2, 0.25) is 0 Å². The fraction of sp³-hybridized carbons (Fsp3) is 0.190. The van der Waals surface area contributed by atoms with Crippen molar-refractivity contribution in [1.82, 2.24) is 9.55 Å².